The molecule has 0 radical (unpaired) electrons. The Morgan fingerprint density at radius 3 is 2.52 bits per heavy atom. The maximum Gasteiger partial charge on any atom is 0.0800 e. The van der Waals surface area contributed by atoms with Crippen molar-refractivity contribution >= 4 is 52.5 Å². The van der Waals surface area contributed by atoms with Gasteiger partial charge in [-0.15, -0.1) is 0 Å². The summed E-state index contributed by atoms with van der Waals surface area (Å²) in [6, 6.07) is 17.9. The molecule has 3 aromatic carbocycles. The predicted molar refractivity (Wildman–Crippen MR) is 108 cm³/mol. The second-order valence-electron chi connectivity index (χ2n) is 6.07. The Hall–Kier alpha value is -2.20. The molecule has 0 saturated carbocycles. The van der Waals surface area contributed by atoms with Gasteiger partial charge in [-0.3, -0.25) is 0 Å². The third-order valence-electron chi connectivity index (χ3n) is 4.93. The molecule has 108 valence electrons. The van der Waals surface area contributed by atoms with Gasteiger partial charge >= 0.3 is 0 Å². The van der Waals surface area contributed by atoms with Gasteiger partial charge < -0.3 is 4.98 Å². The summed E-state index contributed by atoms with van der Waals surface area (Å²) in [5, 5.41) is 4.21. The predicted octanol–water partition coefficient (Wildman–Crippen LogP) is 5.94. The Morgan fingerprint density at radius 1 is 0.783 bits per heavy atom. The van der Waals surface area contributed by atoms with Gasteiger partial charge in [-0.05, 0) is 43.1 Å². The molecule has 6 rings (SSSR count). The highest BCUT2D eigenvalue weighted by atomic mass is 127. The van der Waals surface area contributed by atoms with E-state index in [1.165, 1.54) is 53.2 Å². The molecule has 4 aromatic rings. The average Bonchev–Trinajstić information content (AvgIpc) is 3.13. The summed E-state index contributed by atoms with van der Waals surface area (Å²) in [5.41, 5.74) is 8.19. The van der Waals surface area contributed by atoms with E-state index in [-0.39, 0.29) is 20.7 Å². The molecule has 1 nitrogen and oxygen atoms in total. The molecule has 0 atom stereocenters. The van der Waals surface area contributed by atoms with Crippen LogP contribution in [0, 0.1) is 3.70 Å². The van der Waals surface area contributed by atoms with E-state index < -0.39 is 0 Å². The van der Waals surface area contributed by atoms with Crippen LogP contribution in [0.4, 0.5) is 0 Å². The van der Waals surface area contributed by atoms with Crippen LogP contribution in [-0.4, -0.2) is 9.00 Å². The SMILES string of the molecule is C1=Cc2c([nH]c3cc4c5c(cccc5c23)-c2ccccc2-4)I=C1. The molecule has 0 saturated heterocycles. The van der Waals surface area contributed by atoms with Crippen LogP contribution in [-0.2, 0) is 0 Å². The Bertz CT molecular complexity index is 1210. The van der Waals surface area contributed by atoms with E-state index in [1.807, 2.05) is 0 Å². The molecule has 1 aromatic heterocycles. The fourth-order valence-corrected chi connectivity index (χ4v) is 6.04. The molecular formula is C21H12IN. The zero-order valence-corrected chi connectivity index (χ0v) is 14.4. The number of benzene rings is 3. The lowest BCUT2D eigenvalue weighted by molar-refractivity contribution is 1.40. The first-order valence-corrected chi connectivity index (χ1v) is 10.1. The van der Waals surface area contributed by atoms with Crippen LogP contribution in [0.25, 0.3) is 50.0 Å². The fraction of sp³-hybridized carbons (Fsp3) is 0. The molecule has 1 N–H and O–H groups in total. The summed E-state index contributed by atoms with van der Waals surface area (Å²) < 4.78 is 3.77. The van der Waals surface area contributed by atoms with Gasteiger partial charge in [-0.25, -0.2) is 0 Å². The van der Waals surface area contributed by atoms with Gasteiger partial charge in [0.1, 0.15) is 0 Å². The van der Waals surface area contributed by atoms with Crippen LogP contribution >= 0.6 is 20.7 Å². The summed E-state index contributed by atoms with van der Waals surface area (Å²) in [7, 11) is 0. The average molecular weight is 405 g/mol. The number of aromatic nitrogens is 1. The minimum absolute atomic E-state index is 0.0302. The van der Waals surface area contributed by atoms with E-state index in [9.17, 15) is 0 Å². The molecule has 2 heteroatoms. The first kappa shape index (κ1) is 12.3. The molecule has 2 heterocycles. The molecule has 0 amide bonds. The highest BCUT2D eigenvalue weighted by Gasteiger charge is 2.24. The van der Waals surface area contributed by atoms with Crippen molar-refractivity contribution in [3.05, 3.63) is 63.9 Å². The number of nitrogens with one attached hydrogen (secondary N) is 1. The highest BCUT2D eigenvalue weighted by Crippen LogP contribution is 2.50. The molecule has 0 bridgehead atoms. The van der Waals surface area contributed by atoms with Gasteiger partial charge in [0, 0.05) is 16.5 Å². The third kappa shape index (κ3) is 1.45. The van der Waals surface area contributed by atoms with Crippen molar-refractivity contribution in [2.75, 3.05) is 0 Å². The fourth-order valence-electron chi connectivity index (χ4n) is 4.03. The Balaban J connectivity index is 1.90. The minimum Gasteiger partial charge on any atom is -0.350 e. The summed E-state index contributed by atoms with van der Waals surface area (Å²) in [4.78, 5) is 3.70. The largest absolute Gasteiger partial charge is 0.350 e. The van der Waals surface area contributed by atoms with Gasteiger partial charge in [0.25, 0.3) is 0 Å². The summed E-state index contributed by atoms with van der Waals surface area (Å²) in [5.74, 6) is 0. The Labute approximate surface area is 143 Å². The van der Waals surface area contributed by atoms with Crippen molar-refractivity contribution in [1.82, 2.24) is 4.98 Å². The van der Waals surface area contributed by atoms with Crippen molar-refractivity contribution in [2.45, 2.75) is 0 Å². The summed E-state index contributed by atoms with van der Waals surface area (Å²) in [6.07, 6.45) is 4.50. The number of aromatic amines is 1. The van der Waals surface area contributed by atoms with E-state index in [0.717, 1.165) is 0 Å². The molecule has 1 aliphatic heterocycles. The molecule has 0 unspecified atom stereocenters. The van der Waals surface area contributed by atoms with Crippen LogP contribution in [0.15, 0.2) is 54.6 Å². The second kappa shape index (κ2) is 4.20. The van der Waals surface area contributed by atoms with Crippen molar-refractivity contribution in [3.8, 4) is 22.3 Å². The van der Waals surface area contributed by atoms with E-state index in [2.05, 4.69) is 69.7 Å². The molecular weight excluding hydrogens is 393 g/mol. The number of rotatable bonds is 0. The highest BCUT2D eigenvalue weighted by molar-refractivity contribution is 14.2. The van der Waals surface area contributed by atoms with Crippen LogP contribution in [0.3, 0.4) is 0 Å². The summed E-state index contributed by atoms with van der Waals surface area (Å²) in [6.45, 7) is 0. The number of allylic oxidation sites excluding steroid dienone is 1. The van der Waals surface area contributed by atoms with Crippen LogP contribution in [0.5, 0.6) is 0 Å². The third-order valence-corrected chi connectivity index (χ3v) is 7.17. The second-order valence-corrected chi connectivity index (χ2v) is 8.49. The molecule has 23 heavy (non-hydrogen) atoms. The maximum atomic E-state index is 3.70. The van der Waals surface area contributed by atoms with Crippen LogP contribution in [0.1, 0.15) is 5.56 Å². The van der Waals surface area contributed by atoms with Gasteiger partial charge in [-0.2, -0.15) is 0 Å². The zero-order valence-electron chi connectivity index (χ0n) is 12.2. The summed E-state index contributed by atoms with van der Waals surface area (Å²) >= 11 is -0.0302. The van der Waals surface area contributed by atoms with Gasteiger partial charge in [0.05, 0.1) is 3.70 Å². The quantitative estimate of drug-likeness (QED) is 0.307. The van der Waals surface area contributed by atoms with Gasteiger partial charge in [0.2, 0.25) is 0 Å². The van der Waals surface area contributed by atoms with Crippen LogP contribution in [0.2, 0.25) is 0 Å². The van der Waals surface area contributed by atoms with Crippen molar-refractivity contribution in [1.29, 1.82) is 0 Å². The molecule has 2 aliphatic rings. The van der Waals surface area contributed by atoms with E-state index >= 15 is 0 Å². The molecule has 0 fully saturated rings. The Morgan fingerprint density at radius 2 is 1.61 bits per heavy atom. The van der Waals surface area contributed by atoms with E-state index in [0.29, 0.717) is 0 Å². The first-order valence-electron chi connectivity index (χ1n) is 7.76. The lowest BCUT2D eigenvalue weighted by atomic mass is 9.98. The number of halogens is 1. The lowest BCUT2D eigenvalue weighted by Gasteiger charge is -2.05. The minimum atomic E-state index is -0.0302. The van der Waals surface area contributed by atoms with E-state index in [1.54, 1.807) is 0 Å². The molecule has 1 aliphatic carbocycles. The number of fused-ring (bicyclic) bond motifs is 7. The number of H-pyrrole nitrogens is 1. The number of hydrogen-bond donors (Lipinski definition) is 1. The Kier molecular flexibility index (Phi) is 2.24. The maximum absolute atomic E-state index is 3.70. The monoisotopic (exact) mass is 405 g/mol. The van der Waals surface area contributed by atoms with Crippen molar-refractivity contribution in [2.24, 2.45) is 0 Å². The normalized spacial score (nSPS) is 14.1. The first-order chi connectivity index (χ1) is 11.4. The topological polar surface area (TPSA) is 15.8 Å². The van der Waals surface area contributed by atoms with Crippen molar-refractivity contribution < 1.29 is 0 Å². The van der Waals surface area contributed by atoms with Crippen molar-refractivity contribution in [3.63, 3.8) is 0 Å². The van der Waals surface area contributed by atoms with E-state index in [4.69, 9.17) is 0 Å². The smallest absolute Gasteiger partial charge is 0.0800 e. The standard InChI is InChI=1S/C21H12IN/c1-2-6-13-12(5-1)14-7-3-8-15-19(14)17(13)11-18-20(15)16-9-4-10-22-21(16)23-18/h1-11,23H. The van der Waals surface area contributed by atoms with Gasteiger partial charge in [-0.1, -0.05) is 75.3 Å². The van der Waals surface area contributed by atoms with Crippen LogP contribution < -0.4 is 0 Å². The molecule has 0 spiro atoms. The lowest BCUT2D eigenvalue weighted by Crippen LogP contribution is -1.82. The number of hydrogen-bond acceptors (Lipinski definition) is 0. The van der Waals surface area contributed by atoms with Gasteiger partial charge in [0.15, 0.2) is 0 Å². The zero-order chi connectivity index (χ0) is 15.0.